The fraction of sp³-hybridized carbons (Fsp3) is 0.857. The van der Waals surface area contributed by atoms with Crippen LogP contribution >= 0.6 is 0 Å². The molecule has 0 heterocycles. The first-order valence-corrected chi connectivity index (χ1v) is 7.18. The molecule has 0 aromatic rings. The van der Waals surface area contributed by atoms with Crippen LogP contribution in [0.3, 0.4) is 0 Å². The molecule has 0 radical (unpaired) electrons. The van der Waals surface area contributed by atoms with Crippen LogP contribution in [-0.2, 0) is 14.3 Å². The number of methoxy groups -OCH3 is 1. The zero-order chi connectivity index (χ0) is 14.1. The molecule has 0 spiro atoms. The Kier molecular flexibility index (Phi) is 7.48. The molecule has 1 saturated carbocycles. The van der Waals surface area contributed by atoms with Crippen LogP contribution in [0.4, 0.5) is 0 Å². The van der Waals surface area contributed by atoms with Gasteiger partial charge in [0.15, 0.2) is 0 Å². The summed E-state index contributed by atoms with van der Waals surface area (Å²) in [4.78, 5) is 25.2. The Hall–Kier alpha value is -1.10. The summed E-state index contributed by atoms with van der Waals surface area (Å²) in [6.07, 6.45) is 6.16. The third kappa shape index (κ3) is 6.05. The fourth-order valence-electron chi connectivity index (χ4n) is 2.59. The van der Waals surface area contributed by atoms with Crippen molar-refractivity contribution in [3.63, 3.8) is 0 Å². The number of nitrogens with zero attached hydrogens (tertiary/aromatic N) is 1. The zero-order valence-corrected chi connectivity index (χ0v) is 12.1. The maximum Gasteiger partial charge on any atom is 0.221 e. The number of hydrogen-bond acceptors (Lipinski definition) is 3. The molecule has 5 nitrogen and oxygen atoms in total. The molecule has 1 fully saturated rings. The Balaban J connectivity index is 2.32. The van der Waals surface area contributed by atoms with E-state index in [0.29, 0.717) is 32.2 Å². The van der Waals surface area contributed by atoms with Crippen molar-refractivity contribution >= 4 is 11.8 Å². The average molecular weight is 270 g/mol. The van der Waals surface area contributed by atoms with E-state index in [1.807, 2.05) is 4.90 Å². The summed E-state index contributed by atoms with van der Waals surface area (Å²) < 4.78 is 4.87. The molecule has 0 aromatic carbocycles. The minimum absolute atomic E-state index is 0.0147. The maximum absolute atomic E-state index is 11.7. The van der Waals surface area contributed by atoms with Gasteiger partial charge in [-0.2, -0.15) is 0 Å². The van der Waals surface area contributed by atoms with Crippen LogP contribution in [0.5, 0.6) is 0 Å². The summed E-state index contributed by atoms with van der Waals surface area (Å²) >= 11 is 0. The molecule has 5 heteroatoms. The number of carbonyl (C=O) groups is 2. The second-order valence-corrected chi connectivity index (χ2v) is 5.10. The van der Waals surface area contributed by atoms with Crippen molar-refractivity contribution in [1.82, 2.24) is 10.2 Å². The van der Waals surface area contributed by atoms with Crippen LogP contribution in [0.25, 0.3) is 0 Å². The Morgan fingerprint density at radius 3 is 2.53 bits per heavy atom. The van der Waals surface area contributed by atoms with Gasteiger partial charge in [0.25, 0.3) is 0 Å². The zero-order valence-electron chi connectivity index (χ0n) is 12.1. The van der Waals surface area contributed by atoms with Crippen molar-refractivity contribution in [3.8, 4) is 0 Å². The number of rotatable bonds is 7. The van der Waals surface area contributed by atoms with Crippen LogP contribution in [0, 0.1) is 0 Å². The molecule has 19 heavy (non-hydrogen) atoms. The number of nitrogens with one attached hydrogen (secondary N) is 1. The SMILES string of the molecule is COCCNC(=O)CCN(C(C)=O)C1CCCCC1. The summed E-state index contributed by atoms with van der Waals surface area (Å²) in [5, 5.41) is 2.78. The largest absolute Gasteiger partial charge is 0.383 e. The number of ether oxygens (including phenoxy) is 1. The fourth-order valence-corrected chi connectivity index (χ4v) is 2.59. The van der Waals surface area contributed by atoms with E-state index in [2.05, 4.69) is 5.32 Å². The molecular weight excluding hydrogens is 244 g/mol. The van der Waals surface area contributed by atoms with Gasteiger partial charge in [-0.15, -0.1) is 0 Å². The summed E-state index contributed by atoms with van der Waals surface area (Å²) in [6.45, 7) is 3.17. The van der Waals surface area contributed by atoms with Crippen molar-refractivity contribution in [1.29, 1.82) is 0 Å². The Morgan fingerprint density at radius 2 is 1.95 bits per heavy atom. The quantitative estimate of drug-likeness (QED) is 0.710. The monoisotopic (exact) mass is 270 g/mol. The van der Waals surface area contributed by atoms with Gasteiger partial charge >= 0.3 is 0 Å². The molecule has 1 aliphatic rings. The van der Waals surface area contributed by atoms with Gasteiger partial charge in [0.05, 0.1) is 6.61 Å². The lowest BCUT2D eigenvalue weighted by Crippen LogP contribution is -2.42. The van der Waals surface area contributed by atoms with E-state index in [4.69, 9.17) is 4.74 Å². The predicted octanol–water partition coefficient (Wildman–Crippen LogP) is 1.32. The molecule has 1 aliphatic carbocycles. The highest BCUT2D eigenvalue weighted by Crippen LogP contribution is 2.22. The summed E-state index contributed by atoms with van der Waals surface area (Å²) in [5.41, 5.74) is 0. The Labute approximate surface area is 115 Å². The van der Waals surface area contributed by atoms with E-state index >= 15 is 0 Å². The van der Waals surface area contributed by atoms with E-state index in [1.54, 1.807) is 14.0 Å². The Bertz CT molecular complexity index is 288. The van der Waals surface area contributed by atoms with Gasteiger partial charge in [-0.1, -0.05) is 19.3 Å². The molecule has 0 saturated heterocycles. The molecule has 2 amide bonds. The van der Waals surface area contributed by atoms with Crippen LogP contribution in [0.1, 0.15) is 45.4 Å². The second kappa shape index (κ2) is 8.91. The van der Waals surface area contributed by atoms with Gasteiger partial charge in [-0.3, -0.25) is 9.59 Å². The third-order valence-electron chi connectivity index (χ3n) is 3.63. The first-order valence-electron chi connectivity index (χ1n) is 7.18. The first-order chi connectivity index (χ1) is 9.15. The highest BCUT2D eigenvalue weighted by molar-refractivity contribution is 5.78. The summed E-state index contributed by atoms with van der Waals surface area (Å²) in [5.74, 6) is 0.0655. The molecule has 110 valence electrons. The minimum Gasteiger partial charge on any atom is -0.383 e. The van der Waals surface area contributed by atoms with Crippen LogP contribution < -0.4 is 5.32 Å². The van der Waals surface area contributed by atoms with Gasteiger partial charge < -0.3 is 15.0 Å². The summed E-state index contributed by atoms with van der Waals surface area (Å²) in [7, 11) is 1.60. The predicted molar refractivity (Wildman–Crippen MR) is 73.8 cm³/mol. The average Bonchev–Trinajstić information content (AvgIpc) is 2.40. The van der Waals surface area contributed by atoms with Crippen molar-refractivity contribution in [2.75, 3.05) is 26.8 Å². The van der Waals surface area contributed by atoms with E-state index in [-0.39, 0.29) is 11.8 Å². The number of amides is 2. The van der Waals surface area contributed by atoms with Gasteiger partial charge in [0.2, 0.25) is 11.8 Å². The molecular formula is C14H26N2O3. The highest BCUT2D eigenvalue weighted by atomic mass is 16.5. The van der Waals surface area contributed by atoms with Gasteiger partial charge in [-0.05, 0) is 12.8 Å². The minimum atomic E-state index is -0.0147. The van der Waals surface area contributed by atoms with E-state index in [0.717, 1.165) is 12.8 Å². The summed E-state index contributed by atoms with van der Waals surface area (Å²) in [6, 6.07) is 0.332. The lowest BCUT2D eigenvalue weighted by Gasteiger charge is -2.33. The van der Waals surface area contributed by atoms with Gasteiger partial charge in [0.1, 0.15) is 0 Å². The third-order valence-corrected chi connectivity index (χ3v) is 3.63. The Morgan fingerprint density at radius 1 is 1.26 bits per heavy atom. The van der Waals surface area contributed by atoms with Crippen molar-refractivity contribution in [2.24, 2.45) is 0 Å². The van der Waals surface area contributed by atoms with Crippen LogP contribution in [-0.4, -0.2) is 49.6 Å². The molecule has 1 N–H and O–H groups in total. The number of hydrogen-bond donors (Lipinski definition) is 1. The molecule has 0 unspecified atom stereocenters. The molecule has 0 aliphatic heterocycles. The lowest BCUT2D eigenvalue weighted by molar-refractivity contribution is -0.132. The van der Waals surface area contributed by atoms with Gasteiger partial charge in [0, 0.05) is 39.6 Å². The highest BCUT2D eigenvalue weighted by Gasteiger charge is 2.23. The topological polar surface area (TPSA) is 58.6 Å². The smallest absolute Gasteiger partial charge is 0.221 e. The van der Waals surface area contributed by atoms with Crippen LogP contribution in [0.15, 0.2) is 0 Å². The molecule has 1 rings (SSSR count). The van der Waals surface area contributed by atoms with E-state index < -0.39 is 0 Å². The molecule has 0 bridgehead atoms. The van der Waals surface area contributed by atoms with E-state index in [1.165, 1.54) is 19.3 Å². The van der Waals surface area contributed by atoms with Gasteiger partial charge in [-0.25, -0.2) is 0 Å². The maximum atomic E-state index is 11.7. The number of carbonyl (C=O) groups excluding carboxylic acids is 2. The lowest BCUT2D eigenvalue weighted by atomic mass is 9.94. The van der Waals surface area contributed by atoms with Crippen molar-refractivity contribution < 1.29 is 14.3 Å². The molecule has 0 atom stereocenters. The first kappa shape index (κ1) is 16.0. The van der Waals surface area contributed by atoms with Crippen LogP contribution in [0.2, 0.25) is 0 Å². The normalized spacial score (nSPS) is 16.1. The van der Waals surface area contributed by atoms with E-state index in [9.17, 15) is 9.59 Å². The van der Waals surface area contributed by atoms with Crippen molar-refractivity contribution in [2.45, 2.75) is 51.5 Å². The molecule has 0 aromatic heterocycles. The van der Waals surface area contributed by atoms with Crippen molar-refractivity contribution in [3.05, 3.63) is 0 Å². The standard InChI is InChI=1S/C14H26N2O3/c1-12(17)16(13-6-4-3-5-7-13)10-8-14(18)15-9-11-19-2/h13H,3-11H2,1-2H3,(H,15,18). The second-order valence-electron chi connectivity index (χ2n) is 5.10.